The molecule has 0 N–H and O–H groups in total. The fourth-order valence-corrected chi connectivity index (χ4v) is 5.17. The number of hydrogen-bond acceptors (Lipinski definition) is 5. The van der Waals surface area contributed by atoms with Crippen LogP contribution in [0.25, 0.3) is 0 Å². The maximum atomic E-state index is 13.3. The summed E-state index contributed by atoms with van der Waals surface area (Å²) < 4.78 is 39.1. The van der Waals surface area contributed by atoms with Crippen molar-refractivity contribution in [2.24, 2.45) is 0 Å². The average molecular weight is 461 g/mol. The molecule has 1 heterocycles. The molecule has 1 fully saturated rings. The van der Waals surface area contributed by atoms with E-state index in [0.717, 1.165) is 24.8 Å². The van der Waals surface area contributed by atoms with Crippen molar-refractivity contribution in [3.8, 4) is 5.75 Å². The van der Waals surface area contributed by atoms with Gasteiger partial charge >= 0.3 is 0 Å². The molecule has 0 radical (unpaired) electrons. The molecule has 174 valence electrons. The van der Waals surface area contributed by atoms with Gasteiger partial charge in [-0.05, 0) is 43.0 Å². The van der Waals surface area contributed by atoms with Gasteiger partial charge in [0.05, 0.1) is 13.2 Å². The van der Waals surface area contributed by atoms with Gasteiger partial charge in [0.15, 0.2) is 0 Å². The summed E-state index contributed by atoms with van der Waals surface area (Å²) in [5.74, 6) is 0.0175. The summed E-state index contributed by atoms with van der Waals surface area (Å²) in [4.78, 5) is 14.9. The molecule has 2 aromatic rings. The highest BCUT2D eigenvalue weighted by molar-refractivity contribution is 7.89. The second kappa shape index (κ2) is 10.9. The summed E-state index contributed by atoms with van der Waals surface area (Å²) in [5.41, 5.74) is 1.20. The summed E-state index contributed by atoms with van der Waals surface area (Å²) in [6, 6.07) is 14.0. The SMILES string of the molecule is CCCOC1CCCN(C(=O)c2ccc(OC)c(S(=O)(=O)N(C)Cc3ccccc3)c2)C1. The first-order chi connectivity index (χ1) is 15.4. The molecule has 1 saturated heterocycles. The van der Waals surface area contributed by atoms with Crippen molar-refractivity contribution >= 4 is 15.9 Å². The first-order valence-corrected chi connectivity index (χ1v) is 12.4. The molecule has 2 aromatic carbocycles. The molecule has 0 aliphatic carbocycles. The summed E-state index contributed by atoms with van der Waals surface area (Å²) >= 11 is 0. The van der Waals surface area contributed by atoms with Crippen LogP contribution < -0.4 is 4.74 Å². The molecule has 8 heteroatoms. The van der Waals surface area contributed by atoms with Crippen molar-refractivity contribution in [2.75, 3.05) is 33.9 Å². The van der Waals surface area contributed by atoms with Crippen LogP contribution in [0.2, 0.25) is 0 Å². The fourth-order valence-electron chi connectivity index (χ4n) is 3.83. The first-order valence-electron chi connectivity index (χ1n) is 11.0. The Morgan fingerprint density at radius 1 is 1.19 bits per heavy atom. The zero-order valence-corrected chi connectivity index (χ0v) is 19.8. The number of ether oxygens (including phenoxy) is 2. The highest BCUT2D eigenvalue weighted by Crippen LogP contribution is 2.29. The molecule has 1 unspecified atom stereocenters. The maximum absolute atomic E-state index is 13.3. The summed E-state index contributed by atoms with van der Waals surface area (Å²) in [5, 5.41) is 0. The minimum absolute atomic E-state index is 0.0138. The van der Waals surface area contributed by atoms with Crippen LogP contribution in [0, 0.1) is 0 Å². The number of amides is 1. The average Bonchev–Trinajstić information content (AvgIpc) is 2.82. The van der Waals surface area contributed by atoms with Gasteiger partial charge in [-0.3, -0.25) is 4.79 Å². The molecule has 1 amide bonds. The lowest BCUT2D eigenvalue weighted by atomic mass is 10.1. The van der Waals surface area contributed by atoms with E-state index in [1.165, 1.54) is 24.5 Å². The van der Waals surface area contributed by atoms with Crippen LogP contribution in [0.4, 0.5) is 0 Å². The van der Waals surface area contributed by atoms with E-state index in [-0.39, 0.29) is 29.2 Å². The Hall–Kier alpha value is -2.42. The predicted octanol–water partition coefficient (Wildman–Crippen LogP) is 3.55. The van der Waals surface area contributed by atoms with Crippen molar-refractivity contribution in [2.45, 2.75) is 43.7 Å². The van der Waals surface area contributed by atoms with Crippen molar-refractivity contribution in [3.05, 3.63) is 59.7 Å². The van der Waals surface area contributed by atoms with Crippen molar-refractivity contribution in [1.82, 2.24) is 9.21 Å². The topological polar surface area (TPSA) is 76.1 Å². The Balaban J connectivity index is 1.83. The standard InChI is InChI=1S/C24H32N2O5S/c1-4-15-31-21-11-8-14-26(18-21)24(27)20-12-13-22(30-3)23(16-20)32(28,29)25(2)17-19-9-6-5-7-10-19/h5-7,9-10,12-13,16,21H,4,8,11,14-15,17-18H2,1-3H3. The molecule has 3 rings (SSSR count). The molecule has 1 aliphatic heterocycles. The van der Waals surface area contributed by atoms with E-state index in [0.29, 0.717) is 25.3 Å². The predicted molar refractivity (Wildman–Crippen MR) is 123 cm³/mol. The minimum Gasteiger partial charge on any atom is -0.495 e. The monoisotopic (exact) mass is 460 g/mol. The number of likely N-dealkylation sites (tertiary alicyclic amines) is 1. The largest absolute Gasteiger partial charge is 0.495 e. The summed E-state index contributed by atoms with van der Waals surface area (Å²) in [6.07, 6.45) is 2.74. The van der Waals surface area contributed by atoms with Crippen LogP contribution in [-0.2, 0) is 21.3 Å². The van der Waals surface area contributed by atoms with E-state index in [1.54, 1.807) is 17.0 Å². The molecule has 32 heavy (non-hydrogen) atoms. The van der Waals surface area contributed by atoms with Gasteiger partial charge in [-0.25, -0.2) is 8.42 Å². The molecule has 7 nitrogen and oxygen atoms in total. The molecule has 0 spiro atoms. The zero-order valence-electron chi connectivity index (χ0n) is 19.0. The number of carbonyl (C=O) groups is 1. The number of benzene rings is 2. The van der Waals surface area contributed by atoms with Crippen LogP contribution in [0.15, 0.2) is 53.4 Å². The number of nitrogens with zero attached hydrogens (tertiary/aromatic N) is 2. The normalized spacial score (nSPS) is 16.9. The van der Waals surface area contributed by atoms with E-state index in [2.05, 4.69) is 6.92 Å². The number of rotatable bonds is 9. The molecular weight excluding hydrogens is 428 g/mol. The van der Waals surface area contributed by atoms with Crippen molar-refractivity contribution in [1.29, 1.82) is 0 Å². The Morgan fingerprint density at radius 2 is 1.94 bits per heavy atom. The third-order valence-corrected chi connectivity index (χ3v) is 7.39. The lowest BCUT2D eigenvalue weighted by Crippen LogP contribution is -2.43. The van der Waals surface area contributed by atoms with E-state index in [4.69, 9.17) is 9.47 Å². The van der Waals surface area contributed by atoms with Gasteiger partial charge in [0.1, 0.15) is 10.6 Å². The number of carbonyl (C=O) groups excluding carboxylic acids is 1. The molecule has 0 saturated carbocycles. The fraction of sp³-hybridized carbons (Fsp3) is 0.458. The molecule has 1 atom stereocenters. The molecule has 1 aliphatic rings. The van der Waals surface area contributed by atoms with Crippen LogP contribution >= 0.6 is 0 Å². The van der Waals surface area contributed by atoms with Gasteiger partial charge in [-0.2, -0.15) is 4.31 Å². The third kappa shape index (κ3) is 5.68. The van der Waals surface area contributed by atoms with E-state index < -0.39 is 10.0 Å². The lowest BCUT2D eigenvalue weighted by molar-refractivity contribution is 0.00210. The Morgan fingerprint density at radius 3 is 2.62 bits per heavy atom. The van der Waals surface area contributed by atoms with Crippen LogP contribution in [0.1, 0.15) is 42.1 Å². The van der Waals surface area contributed by atoms with Gasteiger partial charge in [-0.1, -0.05) is 37.3 Å². The number of sulfonamides is 1. The smallest absolute Gasteiger partial charge is 0.253 e. The Bertz CT molecular complexity index is 1010. The Kier molecular flexibility index (Phi) is 8.28. The van der Waals surface area contributed by atoms with Crippen LogP contribution in [0.5, 0.6) is 5.75 Å². The van der Waals surface area contributed by atoms with Crippen LogP contribution in [0.3, 0.4) is 0 Å². The van der Waals surface area contributed by atoms with Gasteiger partial charge in [0.25, 0.3) is 5.91 Å². The highest BCUT2D eigenvalue weighted by atomic mass is 32.2. The maximum Gasteiger partial charge on any atom is 0.253 e. The highest BCUT2D eigenvalue weighted by Gasteiger charge is 2.29. The summed E-state index contributed by atoms with van der Waals surface area (Å²) in [6.45, 7) is 4.09. The molecule has 0 bridgehead atoms. The van der Waals surface area contributed by atoms with Gasteiger partial charge in [0, 0.05) is 38.9 Å². The van der Waals surface area contributed by atoms with E-state index in [9.17, 15) is 13.2 Å². The van der Waals surface area contributed by atoms with Gasteiger partial charge in [-0.15, -0.1) is 0 Å². The second-order valence-corrected chi connectivity index (χ2v) is 10.0. The van der Waals surface area contributed by atoms with E-state index in [1.807, 2.05) is 30.3 Å². The van der Waals surface area contributed by atoms with Crippen molar-refractivity contribution in [3.63, 3.8) is 0 Å². The van der Waals surface area contributed by atoms with E-state index >= 15 is 0 Å². The van der Waals surface area contributed by atoms with Gasteiger partial charge in [0.2, 0.25) is 10.0 Å². The van der Waals surface area contributed by atoms with Gasteiger partial charge < -0.3 is 14.4 Å². The number of piperidine rings is 1. The van der Waals surface area contributed by atoms with Crippen LogP contribution in [-0.4, -0.2) is 63.5 Å². The van der Waals surface area contributed by atoms with Crippen molar-refractivity contribution < 1.29 is 22.7 Å². The number of hydrogen-bond donors (Lipinski definition) is 0. The molecular formula is C24H32N2O5S. The molecule has 0 aromatic heterocycles. The summed E-state index contributed by atoms with van der Waals surface area (Å²) in [7, 11) is -0.928. The Labute approximate surface area is 191 Å². The number of methoxy groups -OCH3 is 1. The second-order valence-electron chi connectivity index (χ2n) is 8.00. The lowest BCUT2D eigenvalue weighted by Gasteiger charge is -2.33. The minimum atomic E-state index is -3.88. The first kappa shape index (κ1) is 24.2. The quantitative estimate of drug-likeness (QED) is 0.572. The third-order valence-electron chi connectivity index (χ3n) is 5.57. The zero-order chi connectivity index (χ0) is 23.1.